The monoisotopic (exact) mass is 444 g/mol. The van der Waals surface area contributed by atoms with Gasteiger partial charge in [0.1, 0.15) is 22.3 Å². The number of aliphatic imine (C=N–C) groups is 1. The molecule has 0 amide bonds. The zero-order valence-corrected chi connectivity index (χ0v) is 16.7. The Bertz CT molecular complexity index is 1340. The van der Waals surface area contributed by atoms with Crippen molar-refractivity contribution >= 4 is 27.2 Å². The molecule has 6 nitrogen and oxygen atoms in total. The van der Waals surface area contributed by atoms with Crippen molar-refractivity contribution in [3.8, 4) is 0 Å². The third kappa shape index (κ3) is 3.89. The molecule has 0 unspecified atom stereocenters. The molecule has 10 heteroatoms. The van der Waals surface area contributed by atoms with Gasteiger partial charge in [0.15, 0.2) is 0 Å². The van der Waals surface area contributed by atoms with Crippen LogP contribution in [0.3, 0.4) is 0 Å². The predicted octanol–water partition coefficient (Wildman–Crippen LogP) is 3.82. The number of anilines is 1. The second kappa shape index (κ2) is 7.88. The van der Waals surface area contributed by atoms with Crippen LogP contribution in [0, 0.1) is 17.5 Å². The fraction of sp³-hybridized carbons (Fsp3) is 0.0476. The Hall–Kier alpha value is -3.66. The number of halogens is 3. The van der Waals surface area contributed by atoms with E-state index in [1.165, 1.54) is 36.5 Å². The largest absolute Gasteiger partial charge is 0.324 e. The normalized spacial score (nSPS) is 15.6. The Morgan fingerprint density at radius 2 is 1.74 bits per heavy atom. The van der Waals surface area contributed by atoms with Crippen molar-refractivity contribution in [2.45, 2.75) is 11.4 Å². The maximum Gasteiger partial charge on any atom is 0.266 e. The van der Waals surface area contributed by atoms with Crippen LogP contribution in [0.15, 0.2) is 71.2 Å². The van der Waals surface area contributed by atoms with E-state index in [-0.39, 0.29) is 45.5 Å². The van der Waals surface area contributed by atoms with Gasteiger partial charge in [-0.15, -0.1) is 0 Å². The van der Waals surface area contributed by atoms with Crippen molar-refractivity contribution < 1.29 is 21.6 Å². The number of rotatable bonds is 4. The lowest BCUT2D eigenvalue weighted by Gasteiger charge is -2.25. The Morgan fingerprint density at radius 3 is 2.48 bits per heavy atom. The molecular formula is C21H15F3N4O2S. The van der Waals surface area contributed by atoms with Crippen LogP contribution in [-0.2, 0) is 16.6 Å². The molecule has 0 atom stereocenters. The Labute approximate surface area is 176 Å². The molecule has 4 rings (SSSR count). The third-order valence-corrected chi connectivity index (χ3v) is 5.98. The van der Waals surface area contributed by atoms with Crippen LogP contribution in [0.2, 0.25) is 0 Å². The second-order valence-electron chi connectivity index (χ2n) is 6.58. The van der Waals surface area contributed by atoms with E-state index in [0.29, 0.717) is 0 Å². The number of hydrogen-bond donors (Lipinski definition) is 2. The van der Waals surface area contributed by atoms with E-state index in [2.05, 4.69) is 26.6 Å². The minimum absolute atomic E-state index is 0.00275. The van der Waals surface area contributed by atoms with E-state index in [9.17, 15) is 21.6 Å². The molecule has 0 bridgehead atoms. The quantitative estimate of drug-likeness (QED) is 0.641. The van der Waals surface area contributed by atoms with Crippen LogP contribution < -0.4 is 10.0 Å². The van der Waals surface area contributed by atoms with Crippen molar-refractivity contribution in [2.75, 3.05) is 5.32 Å². The summed E-state index contributed by atoms with van der Waals surface area (Å²) >= 11 is 0. The molecule has 1 aromatic heterocycles. The molecule has 3 aromatic rings. The summed E-state index contributed by atoms with van der Waals surface area (Å²) in [6, 6.07) is 10.3. The topological polar surface area (TPSA) is 83.4 Å². The molecule has 0 spiro atoms. The highest BCUT2D eigenvalue weighted by Gasteiger charge is 2.31. The Kier molecular flexibility index (Phi) is 5.24. The Morgan fingerprint density at radius 1 is 1.00 bits per heavy atom. The van der Waals surface area contributed by atoms with Gasteiger partial charge in [0.05, 0.1) is 17.9 Å². The average molecular weight is 444 g/mol. The van der Waals surface area contributed by atoms with Crippen LogP contribution in [0.4, 0.5) is 18.9 Å². The molecule has 0 saturated carbocycles. The number of benzene rings is 2. The van der Waals surface area contributed by atoms with Gasteiger partial charge in [-0.25, -0.2) is 31.3 Å². The summed E-state index contributed by atoms with van der Waals surface area (Å²) in [4.78, 5) is 7.61. The summed E-state index contributed by atoms with van der Waals surface area (Å²) in [5, 5.41) is 2.71. The van der Waals surface area contributed by atoms with E-state index < -0.39 is 27.5 Å². The van der Waals surface area contributed by atoms with Gasteiger partial charge in [-0.2, -0.15) is 0 Å². The molecular weight excluding hydrogens is 429 g/mol. The van der Waals surface area contributed by atoms with E-state index in [1.54, 1.807) is 6.07 Å². The highest BCUT2D eigenvalue weighted by atomic mass is 32.2. The molecule has 0 saturated heterocycles. The van der Waals surface area contributed by atoms with Gasteiger partial charge in [0.2, 0.25) is 5.96 Å². The van der Waals surface area contributed by atoms with Gasteiger partial charge >= 0.3 is 0 Å². The molecule has 2 aromatic carbocycles. The first-order valence-electron chi connectivity index (χ1n) is 8.98. The predicted molar refractivity (Wildman–Crippen MR) is 110 cm³/mol. The number of guanidine groups is 1. The highest BCUT2D eigenvalue weighted by Crippen LogP contribution is 2.37. The zero-order valence-electron chi connectivity index (χ0n) is 15.9. The fourth-order valence-electron chi connectivity index (χ4n) is 3.13. The SMILES string of the molecule is C=C(c1ccccc1F)c1c(F)ccc2c1NC(=NCc1ncccc1F)NS2(=O)=O. The van der Waals surface area contributed by atoms with Crippen LogP contribution >= 0.6 is 0 Å². The molecule has 0 radical (unpaired) electrons. The van der Waals surface area contributed by atoms with Gasteiger partial charge < -0.3 is 5.32 Å². The zero-order chi connectivity index (χ0) is 22.2. The average Bonchev–Trinajstić information content (AvgIpc) is 2.72. The van der Waals surface area contributed by atoms with Gasteiger partial charge in [-0.3, -0.25) is 4.98 Å². The van der Waals surface area contributed by atoms with Crippen molar-refractivity contribution in [2.24, 2.45) is 4.99 Å². The third-order valence-electron chi connectivity index (χ3n) is 4.60. The molecule has 158 valence electrons. The molecule has 31 heavy (non-hydrogen) atoms. The van der Waals surface area contributed by atoms with Crippen LogP contribution in [0.25, 0.3) is 5.57 Å². The molecule has 2 N–H and O–H groups in total. The summed E-state index contributed by atoms with van der Waals surface area (Å²) in [5.41, 5.74) is -0.401. The number of pyridine rings is 1. The summed E-state index contributed by atoms with van der Waals surface area (Å²) in [5.74, 6) is -2.30. The molecule has 2 heterocycles. The van der Waals surface area contributed by atoms with E-state index in [1.807, 2.05) is 0 Å². The van der Waals surface area contributed by atoms with Crippen molar-refractivity contribution in [3.63, 3.8) is 0 Å². The summed E-state index contributed by atoms with van der Waals surface area (Å²) in [6.07, 6.45) is 1.37. The summed E-state index contributed by atoms with van der Waals surface area (Å²) in [7, 11) is -4.13. The highest BCUT2D eigenvalue weighted by molar-refractivity contribution is 7.90. The minimum Gasteiger partial charge on any atom is -0.324 e. The first-order valence-corrected chi connectivity index (χ1v) is 10.5. The van der Waals surface area contributed by atoms with Crippen molar-refractivity contribution in [3.05, 3.63) is 95.6 Å². The first kappa shape index (κ1) is 20.6. The van der Waals surface area contributed by atoms with Crippen molar-refractivity contribution in [1.29, 1.82) is 0 Å². The Balaban J connectivity index is 1.79. The summed E-state index contributed by atoms with van der Waals surface area (Å²) < 4.78 is 70.5. The van der Waals surface area contributed by atoms with Crippen LogP contribution in [0.5, 0.6) is 0 Å². The standard InChI is InChI=1S/C21H15F3N4O2S/c1-12(13-5-2-3-6-14(13)22)19-16(24)8-9-18-20(19)27-21(28-31(18,29)30)26-11-17-15(23)7-4-10-25-17/h2-10H,1,11H2,(H2,26,27,28). The van der Waals surface area contributed by atoms with Gasteiger partial charge in [-0.05, 0) is 35.9 Å². The number of nitrogens with one attached hydrogen (secondary N) is 2. The number of aromatic nitrogens is 1. The maximum absolute atomic E-state index is 14.8. The fourth-order valence-corrected chi connectivity index (χ4v) is 4.28. The lowest BCUT2D eigenvalue weighted by Crippen LogP contribution is -2.41. The second-order valence-corrected chi connectivity index (χ2v) is 8.23. The number of nitrogens with zero attached hydrogens (tertiary/aromatic N) is 2. The van der Waals surface area contributed by atoms with Gasteiger partial charge in [0, 0.05) is 17.3 Å². The van der Waals surface area contributed by atoms with E-state index in [0.717, 1.165) is 12.1 Å². The number of fused-ring (bicyclic) bond motifs is 1. The first-order chi connectivity index (χ1) is 14.8. The maximum atomic E-state index is 14.8. The minimum atomic E-state index is -4.13. The van der Waals surface area contributed by atoms with Crippen LogP contribution in [0.1, 0.15) is 16.8 Å². The van der Waals surface area contributed by atoms with Gasteiger partial charge in [0.25, 0.3) is 10.0 Å². The smallest absolute Gasteiger partial charge is 0.266 e. The van der Waals surface area contributed by atoms with E-state index in [4.69, 9.17) is 0 Å². The lowest BCUT2D eigenvalue weighted by molar-refractivity contribution is 0.589. The van der Waals surface area contributed by atoms with Crippen LogP contribution in [-0.4, -0.2) is 19.4 Å². The van der Waals surface area contributed by atoms with Crippen molar-refractivity contribution in [1.82, 2.24) is 9.71 Å². The molecule has 0 aliphatic carbocycles. The molecule has 1 aliphatic heterocycles. The lowest BCUT2D eigenvalue weighted by atomic mass is 9.97. The summed E-state index contributed by atoms with van der Waals surface area (Å²) in [6.45, 7) is 3.50. The number of hydrogen-bond acceptors (Lipinski definition) is 4. The van der Waals surface area contributed by atoms with E-state index >= 15 is 0 Å². The number of sulfonamides is 1. The molecule has 0 fully saturated rings. The van der Waals surface area contributed by atoms with Gasteiger partial charge in [-0.1, -0.05) is 24.8 Å². The molecule has 1 aliphatic rings.